The van der Waals surface area contributed by atoms with Gasteiger partial charge in [0, 0.05) is 19.2 Å². The molecule has 0 saturated carbocycles. The first-order valence-electron chi connectivity index (χ1n) is 7.97. The van der Waals surface area contributed by atoms with Gasteiger partial charge in [-0.1, -0.05) is 29.4 Å². The first-order valence-corrected chi connectivity index (χ1v) is 7.97. The Labute approximate surface area is 135 Å². The highest BCUT2D eigenvalue weighted by Crippen LogP contribution is 2.14. The number of rotatable bonds is 5. The fraction of sp³-hybridized carbons (Fsp3) is 0.412. The maximum absolute atomic E-state index is 11.8. The minimum absolute atomic E-state index is 0.289. The lowest BCUT2D eigenvalue weighted by Crippen LogP contribution is -2.28. The molecular weight excluding hydrogens is 292 g/mol. The number of amides is 2. The van der Waals surface area contributed by atoms with Gasteiger partial charge in [-0.25, -0.2) is 4.79 Å². The van der Waals surface area contributed by atoms with E-state index in [9.17, 15) is 4.79 Å². The summed E-state index contributed by atoms with van der Waals surface area (Å²) >= 11 is 0. The molecule has 122 valence electrons. The summed E-state index contributed by atoms with van der Waals surface area (Å²) in [5.74, 6) is 1.08. The fourth-order valence-corrected chi connectivity index (χ4v) is 2.81. The molecule has 2 aromatic rings. The Kier molecular flexibility index (Phi) is 4.92. The Balaban J connectivity index is 1.50. The lowest BCUT2D eigenvalue weighted by atomic mass is 10.1. The van der Waals surface area contributed by atoms with Gasteiger partial charge in [-0.05, 0) is 44.0 Å². The van der Waals surface area contributed by atoms with Gasteiger partial charge in [-0.15, -0.1) is 0 Å². The van der Waals surface area contributed by atoms with Crippen LogP contribution in [0.5, 0.6) is 0 Å². The largest absolute Gasteiger partial charge is 0.360 e. The van der Waals surface area contributed by atoms with Crippen molar-refractivity contribution in [2.75, 3.05) is 18.4 Å². The van der Waals surface area contributed by atoms with Gasteiger partial charge in [0.05, 0.1) is 0 Å². The molecule has 6 heteroatoms. The van der Waals surface area contributed by atoms with E-state index < -0.39 is 0 Å². The molecule has 6 nitrogen and oxygen atoms in total. The maximum Gasteiger partial charge on any atom is 0.320 e. The highest BCUT2D eigenvalue weighted by atomic mass is 16.5. The van der Waals surface area contributed by atoms with Crippen LogP contribution in [-0.4, -0.2) is 29.2 Å². The molecule has 2 amide bonds. The Morgan fingerprint density at radius 3 is 2.78 bits per heavy atom. The van der Waals surface area contributed by atoms with Crippen LogP contribution in [0.15, 0.2) is 34.9 Å². The SMILES string of the molecule is Cc1cc(NC(=O)NCc2cccc(CN3CCCC3)c2)no1. The van der Waals surface area contributed by atoms with E-state index in [4.69, 9.17) is 4.52 Å². The Hall–Kier alpha value is -2.34. The number of carbonyl (C=O) groups is 1. The van der Waals surface area contributed by atoms with Gasteiger partial charge in [0.25, 0.3) is 0 Å². The first-order chi connectivity index (χ1) is 11.2. The average Bonchev–Trinajstić information content (AvgIpc) is 3.18. The number of nitrogens with one attached hydrogen (secondary N) is 2. The van der Waals surface area contributed by atoms with Crippen LogP contribution >= 0.6 is 0 Å². The van der Waals surface area contributed by atoms with Gasteiger partial charge in [0.15, 0.2) is 5.82 Å². The maximum atomic E-state index is 11.8. The van der Waals surface area contributed by atoms with Crippen LogP contribution in [0.2, 0.25) is 0 Å². The van der Waals surface area contributed by atoms with Gasteiger partial charge in [-0.3, -0.25) is 10.2 Å². The third kappa shape index (κ3) is 4.56. The molecule has 1 aliphatic rings. The predicted molar refractivity (Wildman–Crippen MR) is 88.1 cm³/mol. The summed E-state index contributed by atoms with van der Waals surface area (Å²) in [5, 5.41) is 9.21. The molecule has 0 aliphatic carbocycles. The predicted octanol–water partition coefficient (Wildman–Crippen LogP) is 2.90. The molecule has 2 heterocycles. The molecular formula is C17H22N4O2. The third-order valence-corrected chi connectivity index (χ3v) is 3.92. The summed E-state index contributed by atoms with van der Waals surface area (Å²) in [5.41, 5.74) is 2.38. The van der Waals surface area contributed by atoms with Gasteiger partial charge >= 0.3 is 6.03 Å². The fourth-order valence-electron chi connectivity index (χ4n) is 2.81. The van der Waals surface area contributed by atoms with Crippen molar-refractivity contribution >= 4 is 11.8 Å². The number of anilines is 1. The van der Waals surface area contributed by atoms with E-state index >= 15 is 0 Å². The summed E-state index contributed by atoms with van der Waals surface area (Å²) in [6, 6.07) is 9.74. The average molecular weight is 314 g/mol. The van der Waals surface area contributed by atoms with Crippen LogP contribution in [0.4, 0.5) is 10.6 Å². The van der Waals surface area contributed by atoms with Crippen molar-refractivity contribution in [2.45, 2.75) is 32.9 Å². The van der Waals surface area contributed by atoms with Crippen molar-refractivity contribution in [3.63, 3.8) is 0 Å². The smallest absolute Gasteiger partial charge is 0.320 e. The second-order valence-electron chi connectivity index (χ2n) is 5.93. The van der Waals surface area contributed by atoms with Crippen molar-refractivity contribution in [3.05, 3.63) is 47.2 Å². The number of nitrogens with zero attached hydrogens (tertiary/aromatic N) is 2. The van der Waals surface area contributed by atoms with E-state index in [-0.39, 0.29) is 6.03 Å². The molecule has 3 rings (SSSR count). The first kappa shape index (κ1) is 15.6. The molecule has 0 unspecified atom stereocenters. The van der Waals surface area contributed by atoms with Crippen molar-refractivity contribution < 1.29 is 9.32 Å². The number of aryl methyl sites for hydroxylation is 1. The monoisotopic (exact) mass is 314 g/mol. The van der Waals surface area contributed by atoms with Crippen LogP contribution in [-0.2, 0) is 13.1 Å². The number of likely N-dealkylation sites (tertiary alicyclic amines) is 1. The van der Waals surface area contributed by atoms with E-state index in [0.29, 0.717) is 18.1 Å². The van der Waals surface area contributed by atoms with E-state index in [1.165, 1.54) is 31.5 Å². The second-order valence-corrected chi connectivity index (χ2v) is 5.93. The van der Waals surface area contributed by atoms with E-state index in [1.807, 2.05) is 12.1 Å². The van der Waals surface area contributed by atoms with Crippen molar-refractivity contribution in [1.82, 2.24) is 15.4 Å². The molecule has 0 spiro atoms. The number of hydrogen-bond acceptors (Lipinski definition) is 4. The van der Waals surface area contributed by atoms with Crippen molar-refractivity contribution in [2.24, 2.45) is 0 Å². The molecule has 2 N–H and O–H groups in total. The van der Waals surface area contributed by atoms with Crippen LogP contribution in [0.1, 0.15) is 29.7 Å². The van der Waals surface area contributed by atoms with Crippen molar-refractivity contribution in [1.29, 1.82) is 0 Å². The number of urea groups is 1. The van der Waals surface area contributed by atoms with Gasteiger partial charge < -0.3 is 9.84 Å². The summed E-state index contributed by atoms with van der Waals surface area (Å²) < 4.78 is 4.91. The number of aromatic nitrogens is 1. The van der Waals surface area contributed by atoms with E-state index in [0.717, 1.165) is 12.1 Å². The zero-order chi connectivity index (χ0) is 16.1. The summed E-state index contributed by atoms with van der Waals surface area (Å²) in [6.07, 6.45) is 2.59. The molecule has 0 atom stereocenters. The minimum atomic E-state index is -0.289. The van der Waals surface area contributed by atoms with E-state index in [2.05, 4.69) is 32.8 Å². The van der Waals surface area contributed by atoms with Crippen LogP contribution in [0, 0.1) is 6.92 Å². The number of carbonyl (C=O) groups excluding carboxylic acids is 1. The highest BCUT2D eigenvalue weighted by molar-refractivity contribution is 5.88. The van der Waals surface area contributed by atoms with Gasteiger partial charge in [0.2, 0.25) is 0 Å². The highest BCUT2D eigenvalue weighted by Gasteiger charge is 2.12. The topological polar surface area (TPSA) is 70.4 Å². The Morgan fingerprint density at radius 1 is 1.26 bits per heavy atom. The van der Waals surface area contributed by atoms with Gasteiger partial charge in [0.1, 0.15) is 5.76 Å². The summed E-state index contributed by atoms with van der Waals surface area (Å²) in [7, 11) is 0. The van der Waals surface area contributed by atoms with E-state index in [1.54, 1.807) is 13.0 Å². The summed E-state index contributed by atoms with van der Waals surface area (Å²) in [4.78, 5) is 14.3. The van der Waals surface area contributed by atoms with Crippen molar-refractivity contribution in [3.8, 4) is 0 Å². The quantitative estimate of drug-likeness (QED) is 0.890. The number of benzene rings is 1. The zero-order valence-electron chi connectivity index (χ0n) is 13.3. The molecule has 23 heavy (non-hydrogen) atoms. The molecule has 1 fully saturated rings. The number of hydrogen-bond donors (Lipinski definition) is 2. The van der Waals surface area contributed by atoms with Gasteiger partial charge in [-0.2, -0.15) is 0 Å². The lowest BCUT2D eigenvalue weighted by Gasteiger charge is -2.15. The minimum Gasteiger partial charge on any atom is -0.360 e. The Bertz CT molecular complexity index is 662. The lowest BCUT2D eigenvalue weighted by molar-refractivity contribution is 0.251. The van der Waals surface area contributed by atoms with Crippen LogP contribution in [0.25, 0.3) is 0 Å². The summed E-state index contributed by atoms with van der Waals surface area (Å²) in [6.45, 7) is 5.61. The molecule has 1 aliphatic heterocycles. The molecule has 0 bridgehead atoms. The molecule has 0 radical (unpaired) electrons. The van der Waals surface area contributed by atoms with Crippen LogP contribution < -0.4 is 10.6 Å². The molecule has 1 aromatic heterocycles. The molecule has 1 aromatic carbocycles. The third-order valence-electron chi connectivity index (χ3n) is 3.92. The Morgan fingerprint density at radius 2 is 2.04 bits per heavy atom. The second kappa shape index (κ2) is 7.28. The van der Waals surface area contributed by atoms with Crippen LogP contribution in [0.3, 0.4) is 0 Å². The molecule has 1 saturated heterocycles. The normalized spacial score (nSPS) is 14.8. The zero-order valence-corrected chi connectivity index (χ0v) is 13.3. The standard InChI is InChI=1S/C17H22N4O2/c1-13-9-16(20-23-13)19-17(22)18-11-14-5-4-6-15(10-14)12-21-7-2-3-8-21/h4-6,9-10H,2-3,7-8,11-12H2,1H3,(H2,18,19,20,22).